The first-order valence-corrected chi connectivity index (χ1v) is 5.54. The Kier molecular flexibility index (Phi) is 3.42. The van der Waals surface area contributed by atoms with Crippen LogP contribution in [0.25, 0.3) is 0 Å². The molecule has 3 N–H and O–H groups in total. The zero-order chi connectivity index (χ0) is 10.8. The fourth-order valence-corrected chi connectivity index (χ4v) is 2.33. The van der Waals surface area contributed by atoms with Crippen molar-refractivity contribution in [2.45, 2.75) is 38.0 Å². The second-order valence-electron chi connectivity index (χ2n) is 4.23. The Morgan fingerprint density at radius 3 is 2.86 bits per heavy atom. The summed E-state index contributed by atoms with van der Waals surface area (Å²) < 4.78 is 0. The van der Waals surface area contributed by atoms with Crippen molar-refractivity contribution in [2.75, 3.05) is 6.54 Å². The third-order valence-corrected chi connectivity index (χ3v) is 2.87. The average molecular weight is 215 g/mol. The third-order valence-electron chi connectivity index (χ3n) is 1.87. The van der Waals surface area contributed by atoms with Crippen LogP contribution in [0.5, 0.6) is 0 Å². The topological polar surface area (TPSA) is 67.5 Å². The standard InChI is InChI=1S/C9H17N3OS/c1-6-5-11-8(14-6)12-9(2,3)4-7(10)13/h6H,4-5H2,1-3H3,(H2,10,13)(H,11,12). The lowest BCUT2D eigenvalue weighted by Gasteiger charge is -2.25. The molecule has 80 valence electrons. The van der Waals surface area contributed by atoms with Gasteiger partial charge in [-0.3, -0.25) is 9.79 Å². The molecule has 1 aliphatic rings. The van der Waals surface area contributed by atoms with Gasteiger partial charge in [0, 0.05) is 17.2 Å². The van der Waals surface area contributed by atoms with Crippen LogP contribution in [0.15, 0.2) is 4.99 Å². The van der Waals surface area contributed by atoms with E-state index in [9.17, 15) is 4.79 Å². The highest BCUT2D eigenvalue weighted by molar-refractivity contribution is 8.14. The van der Waals surface area contributed by atoms with Gasteiger partial charge in [0.25, 0.3) is 0 Å². The molecule has 0 bridgehead atoms. The van der Waals surface area contributed by atoms with Crippen molar-refractivity contribution in [3.05, 3.63) is 0 Å². The second-order valence-corrected chi connectivity index (χ2v) is 5.65. The van der Waals surface area contributed by atoms with Crippen molar-refractivity contribution in [1.82, 2.24) is 5.32 Å². The maximum Gasteiger partial charge on any atom is 0.219 e. The average Bonchev–Trinajstić information content (AvgIpc) is 2.30. The molecular formula is C9H17N3OS. The van der Waals surface area contributed by atoms with Crippen molar-refractivity contribution in [2.24, 2.45) is 10.7 Å². The Bertz CT molecular complexity index is 263. The van der Waals surface area contributed by atoms with Crippen LogP contribution in [-0.2, 0) is 4.79 Å². The number of primary amides is 1. The molecule has 4 nitrogen and oxygen atoms in total. The fraction of sp³-hybridized carbons (Fsp3) is 0.778. The van der Waals surface area contributed by atoms with E-state index in [1.807, 2.05) is 13.8 Å². The van der Waals surface area contributed by atoms with E-state index in [1.165, 1.54) is 0 Å². The Morgan fingerprint density at radius 2 is 2.43 bits per heavy atom. The van der Waals surface area contributed by atoms with E-state index < -0.39 is 0 Å². The van der Waals surface area contributed by atoms with E-state index >= 15 is 0 Å². The van der Waals surface area contributed by atoms with E-state index in [0.717, 1.165) is 11.7 Å². The molecule has 1 rings (SSSR count). The van der Waals surface area contributed by atoms with Gasteiger partial charge in [-0.1, -0.05) is 18.7 Å². The van der Waals surface area contributed by atoms with Gasteiger partial charge >= 0.3 is 0 Å². The molecule has 0 fully saturated rings. The van der Waals surface area contributed by atoms with Gasteiger partial charge in [-0.15, -0.1) is 0 Å². The Balaban J connectivity index is 2.46. The Morgan fingerprint density at radius 1 is 1.79 bits per heavy atom. The molecule has 5 heteroatoms. The quantitative estimate of drug-likeness (QED) is 0.729. The first kappa shape index (κ1) is 11.4. The molecule has 1 unspecified atom stereocenters. The molecule has 0 radical (unpaired) electrons. The number of hydrogen-bond donors (Lipinski definition) is 2. The van der Waals surface area contributed by atoms with Crippen LogP contribution < -0.4 is 11.1 Å². The summed E-state index contributed by atoms with van der Waals surface area (Å²) in [6.45, 7) is 6.87. The van der Waals surface area contributed by atoms with Crippen LogP contribution in [0.4, 0.5) is 0 Å². The number of carbonyl (C=O) groups is 1. The number of aliphatic imine (C=N–C) groups is 1. The number of amides is 1. The maximum atomic E-state index is 10.8. The lowest BCUT2D eigenvalue weighted by atomic mass is 10.0. The molecule has 14 heavy (non-hydrogen) atoms. The number of nitrogens with one attached hydrogen (secondary N) is 1. The van der Waals surface area contributed by atoms with Crippen LogP contribution >= 0.6 is 11.8 Å². The van der Waals surface area contributed by atoms with Crippen LogP contribution in [0.1, 0.15) is 27.2 Å². The van der Waals surface area contributed by atoms with E-state index in [1.54, 1.807) is 11.8 Å². The predicted molar refractivity (Wildman–Crippen MR) is 60.4 cm³/mol. The minimum atomic E-state index is -0.304. The molecule has 0 aliphatic carbocycles. The number of nitrogens with two attached hydrogens (primary N) is 1. The summed E-state index contributed by atoms with van der Waals surface area (Å²) in [7, 11) is 0. The van der Waals surface area contributed by atoms with Gasteiger partial charge in [-0.05, 0) is 13.8 Å². The smallest absolute Gasteiger partial charge is 0.219 e. The SMILES string of the molecule is CC1CN=C(NC(C)(C)CC(N)=O)S1. The Hall–Kier alpha value is -0.710. The second kappa shape index (κ2) is 4.21. The van der Waals surface area contributed by atoms with E-state index in [2.05, 4.69) is 17.2 Å². The number of carbonyl (C=O) groups excluding carboxylic acids is 1. The summed E-state index contributed by atoms with van der Waals surface area (Å²) in [5.74, 6) is -0.292. The van der Waals surface area contributed by atoms with Gasteiger partial charge in [0.1, 0.15) is 0 Å². The molecule has 0 saturated carbocycles. The molecule has 0 aromatic heterocycles. The molecule has 0 spiro atoms. The summed E-state index contributed by atoms with van der Waals surface area (Å²) in [4.78, 5) is 15.1. The number of nitrogens with zero attached hydrogens (tertiary/aromatic N) is 1. The van der Waals surface area contributed by atoms with E-state index in [0.29, 0.717) is 11.7 Å². The van der Waals surface area contributed by atoms with E-state index in [4.69, 9.17) is 5.73 Å². The maximum absolute atomic E-state index is 10.8. The van der Waals surface area contributed by atoms with Gasteiger partial charge in [-0.2, -0.15) is 0 Å². The number of amidine groups is 1. The van der Waals surface area contributed by atoms with Crippen molar-refractivity contribution in [3.63, 3.8) is 0 Å². The summed E-state index contributed by atoms with van der Waals surface area (Å²) in [6.07, 6.45) is 0.320. The van der Waals surface area contributed by atoms with E-state index in [-0.39, 0.29) is 11.4 Å². The van der Waals surface area contributed by atoms with Gasteiger partial charge in [0.05, 0.1) is 6.54 Å². The van der Waals surface area contributed by atoms with Crippen molar-refractivity contribution in [1.29, 1.82) is 0 Å². The number of hydrogen-bond acceptors (Lipinski definition) is 4. The third kappa shape index (κ3) is 3.57. The minimum absolute atomic E-state index is 0.292. The van der Waals surface area contributed by atoms with Gasteiger partial charge in [0.2, 0.25) is 5.91 Å². The minimum Gasteiger partial charge on any atom is -0.370 e. The Labute approximate surface area is 88.7 Å². The predicted octanol–water partition coefficient (Wildman–Crippen LogP) is 0.721. The zero-order valence-electron chi connectivity index (χ0n) is 8.83. The summed E-state index contributed by atoms with van der Waals surface area (Å²) in [6, 6.07) is 0. The van der Waals surface area contributed by atoms with Gasteiger partial charge < -0.3 is 11.1 Å². The van der Waals surface area contributed by atoms with Crippen molar-refractivity contribution >= 4 is 22.8 Å². The van der Waals surface area contributed by atoms with Crippen LogP contribution in [0.2, 0.25) is 0 Å². The molecular weight excluding hydrogens is 198 g/mol. The molecule has 1 amide bonds. The molecule has 1 aliphatic heterocycles. The molecule has 0 aromatic carbocycles. The van der Waals surface area contributed by atoms with Gasteiger partial charge in [-0.25, -0.2) is 0 Å². The number of rotatable bonds is 3. The fourth-order valence-electron chi connectivity index (χ4n) is 1.31. The number of thioether (sulfide) groups is 1. The summed E-state index contributed by atoms with van der Waals surface area (Å²) >= 11 is 1.71. The molecule has 1 atom stereocenters. The van der Waals surface area contributed by atoms with Crippen LogP contribution in [-0.4, -0.2) is 28.4 Å². The highest BCUT2D eigenvalue weighted by Crippen LogP contribution is 2.21. The highest BCUT2D eigenvalue weighted by Gasteiger charge is 2.24. The largest absolute Gasteiger partial charge is 0.370 e. The van der Waals surface area contributed by atoms with Crippen LogP contribution in [0, 0.1) is 0 Å². The van der Waals surface area contributed by atoms with Gasteiger partial charge in [0.15, 0.2) is 5.17 Å². The lowest BCUT2D eigenvalue weighted by molar-refractivity contribution is -0.119. The normalized spacial score (nSPS) is 21.9. The first-order valence-electron chi connectivity index (χ1n) is 4.67. The summed E-state index contributed by atoms with van der Waals surface area (Å²) in [5.41, 5.74) is 4.85. The van der Waals surface area contributed by atoms with Crippen molar-refractivity contribution < 1.29 is 4.79 Å². The lowest BCUT2D eigenvalue weighted by Crippen LogP contribution is -2.44. The first-order chi connectivity index (χ1) is 6.39. The zero-order valence-corrected chi connectivity index (χ0v) is 9.65. The van der Waals surface area contributed by atoms with Crippen molar-refractivity contribution in [3.8, 4) is 0 Å². The molecule has 0 aromatic rings. The molecule has 0 saturated heterocycles. The summed E-state index contributed by atoms with van der Waals surface area (Å²) in [5, 5.41) is 4.68. The highest BCUT2D eigenvalue weighted by atomic mass is 32.2. The van der Waals surface area contributed by atoms with Crippen LogP contribution in [0.3, 0.4) is 0 Å². The molecule has 1 heterocycles. The monoisotopic (exact) mass is 215 g/mol.